The highest BCUT2D eigenvalue weighted by Gasteiger charge is 2.33. The topological polar surface area (TPSA) is 74.0 Å². The fraction of sp³-hybridized carbons (Fsp3) is 0.529. The fourth-order valence-electron chi connectivity index (χ4n) is 3.14. The van der Waals surface area contributed by atoms with E-state index < -0.39 is 0 Å². The second kappa shape index (κ2) is 6.34. The van der Waals surface area contributed by atoms with E-state index in [0.717, 1.165) is 61.5 Å². The summed E-state index contributed by atoms with van der Waals surface area (Å²) in [5.41, 5.74) is 0.913. The number of rotatable bonds is 4. The van der Waals surface area contributed by atoms with Gasteiger partial charge in [-0.15, -0.1) is 9.80 Å². The molecule has 0 aromatic carbocycles. The number of hydrogen-bond donors (Lipinski definition) is 0. The van der Waals surface area contributed by atoms with Gasteiger partial charge in [-0.2, -0.15) is 4.98 Å². The van der Waals surface area contributed by atoms with Crippen LogP contribution in [0.4, 0.5) is 5.95 Å². The molecular weight excluding hydrogens is 316 g/mol. The number of azo groups is 2. The summed E-state index contributed by atoms with van der Waals surface area (Å²) in [4.78, 5) is 15.9. The summed E-state index contributed by atoms with van der Waals surface area (Å²) in [6, 6.07) is 0.147. The first-order chi connectivity index (χ1) is 12.1. The third kappa shape index (κ3) is 3.04. The van der Waals surface area contributed by atoms with E-state index in [0.29, 0.717) is 0 Å². The second-order valence-electron chi connectivity index (χ2n) is 6.56. The molecule has 0 spiro atoms. The van der Waals surface area contributed by atoms with Gasteiger partial charge in [0.15, 0.2) is 6.04 Å². The third-order valence-electron chi connectivity index (χ3n) is 4.62. The van der Waals surface area contributed by atoms with Gasteiger partial charge in [-0.1, -0.05) is 12.2 Å². The van der Waals surface area contributed by atoms with Crippen LogP contribution < -0.4 is 4.90 Å². The summed E-state index contributed by atoms with van der Waals surface area (Å²) in [5.74, 6) is 3.47. The van der Waals surface area contributed by atoms with Crippen molar-refractivity contribution in [2.75, 3.05) is 18.0 Å². The summed E-state index contributed by atoms with van der Waals surface area (Å²) >= 11 is 0. The molecule has 0 bridgehead atoms. The normalized spacial score (nSPS) is 22.4. The predicted octanol–water partition coefficient (Wildman–Crippen LogP) is 2.05. The number of aryl methyl sites for hydroxylation is 2. The quantitative estimate of drug-likeness (QED) is 0.622. The molecule has 0 saturated carbocycles. The highest BCUT2D eigenvalue weighted by Crippen LogP contribution is 2.23. The Morgan fingerprint density at radius 3 is 2.92 bits per heavy atom. The Hall–Kier alpha value is -2.64. The number of amidine groups is 1. The van der Waals surface area contributed by atoms with Crippen molar-refractivity contribution in [2.45, 2.75) is 39.2 Å². The van der Waals surface area contributed by atoms with E-state index in [1.54, 1.807) is 0 Å². The van der Waals surface area contributed by atoms with Crippen LogP contribution in [0.2, 0.25) is 0 Å². The smallest absolute Gasteiger partial charge is 0.336 e. The van der Waals surface area contributed by atoms with E-state index in [4.69, 9.17) is 4.98 Å². The van der Waals surface area contributed by atoms with Gasteiger partial charge in [0, 0.05) is 33.0 Å². The Morgan fingerprint density at radius 2 is 2.16 bits per heavy atom. The molecule has 0 fully saturated rings. The van der Waals surface area contributed by atoms with Crippen LogP contribution in [0.3, 0.4) is 0 Å². The van der Waals surface area contributed by atoms with E-state index >= 15 is 0 Å². The van der Waals surface area contributed by atoms with Gasteiger partial charge in [0.2, 0.25) is 5.95 Å². The Labute approximate surface area is 147 Å². The first-order valence-electron chi connectivity index (χ1n) is 8.75. The molecule has 1 aromatic heterocycles. The molecule has 8 heteroatoms. The maximum absolute atomic E-state index is 4.71. The first-order valence-corrected chi connectivity index (χ1v) is 8.75. The fourth-order valence-corrected chi connectivity index (χ4v) is 3.14. The lowest BCUT2D eigenvalue weighted by molar-refractivity contribution is -0.554. The third-order valence-corrected chi connectivity index (χ3v) is 4.62. The van der Waals surface area contributed by atoms with Gasteiger partial charge >= 0.3 is 5.82 Å². The molecule has 4 rings (SSSR count). The van der Waals surface area contributed by atoms with Crippen molar-refractivity contribution in [1.82, 2.24) is 14.8 Å². The Kier molecular flexibility index (Phi) is 4.03. The number of fused-ring (bicyclic) bond motifs is 1. The summed E-state index contributed by atoms with van der Waals surface area (Å²) < 4.78 is 3.81. The maximum Gasteiger partial charge on any atom is 0.367 e. The van der Waals surface area contributed by atoms with Crippen LogP contribution in [0, 0.1) is 0 Å². The van der Waals surface area contributed by atoms with Gasteiger partial charge in [0.05, 0.1) is 6.21 Å². The molecule has 130 valence electrons. The van der Waals surface area contributed by atoms with Crippen molar-refractivity contribution in [3.05, 3.63) is 29.5 Å². The van der Waals surface area contributed by atoms with Gasteiger partial charge in [-0.3, -0.25) is 9.67 Å². The van der Waals surface area contributed by atoms with E-state index in [1.807, 2.05) is 29.6 Å². The molecule has 0 aliphatic carbocycles. The van der Waals surface area contributed by atoms with Gasteiger partial charge in [0.25, 0.3) is 5.84 Å². The number of anilines is 1. The van der Waals surface area contributed by atoms with Crippen LogP contribution in [0.5, 0.6) is 0 Å². The number of aromatic nitrogens is 3. The molecule has 0 saturated heterocycles. The number of aliphatic imine (C=N–C) groups is 2. The Bertz CT molecular complexity index is 839. The molecular formula is C17H23N8+. The molecule has 0 radical (unpaired) electrons. The Balaban J connectivity index is 1.46. The summed E-state index contributed by atoms with van der Waals surface area (Å²) in [7, 11) is 1.95. The van der Waals surface area contributed by atoms with E-state index in [-0.39, 0.29) is 6.04 Å². The molecule has 0 amide bonds. The monoisotopic (exact) mass is 339 g/mol. The minimum absolute atomic E-state index is 0.147. The summed E-state index contributed by atoms with van der Waals surface area (Å²) in [5, 5.41) is 9.20. The molecule has 1 unspecified atom stereocenters. The van der Waals surface area contributed by atoms with Gasteiger partial charge < -0.3 is 4.90 Å². The maximum atomic E-state index is 4.71. The molecule has 0 N–H and O–H groups in total. The van der Waals surface area contributed by atoms with Crippen molar-refractivity contribution in [2.24, 2.45) is 22.1 Å². The minimum atomic E-state index is 0.147. The number of nitrogens with zero attached hydrogens (tertiary/aromatic N) is 8. The van der Waals surface area contributed by atoms with Crippen molar-refractivity contribution in [3.8, 4) is 0 Å². The minimum Gasteiger partial charge on any atom is -0.336 e. The SMILES string of the molecule is CC1=C2N=C(CCc3nc(N4CC=CCC4)nn3C)N=[N+]2C(C)C=N1. The number of allylic oxidation sites excluding steroid dienone is 1. The second-order valence-corrected chi connectivity index (χ2v) is 6.56. The molecule has 8 nitrogen and oxygen atoms in total. The largest absolute Gasteiger partial charge is 0.367 e. The van der Waals surface area contributed by atoms with E-state index in [2.05, 4.69) is 44.2 Å². The van der Waals surface area contributed by atoms with Crippen LogP contribution in [0.25, 0.3) is 0 Å². The van der Waals surface area contributed by atoms with Crippen LogP contribution >= 0.6 is 0 Å². The lowest BCUT2D eigenvalue weighted by Crippen LogP contribution is -2.27. The lowest BCUT2D eigenvalue weighted by atomic mass is 10.2. The first kappa shape index (κ1) is 15.9. The van der Waals surface area contributed by atoms with Crippen molar-refractivity contribution < 1.29 is 4.70 Å². The predicted molar refractivity (Wildman–Crippen MR) is 96.1 cm³/mol. The van der Waals surface area contributed by atoms with Crippen molar-refractivity contribution >= 4 is 18.0 Å². The zero-order valence-corrected chi connectivity index (χ0v) is 14.9. The highest BCUT2D eigenvalue weighted by atomic mass is 15.4. The van der Waals surface area contributed by atoms with Crippen molar-refractivity contribution in [1.29, 1.82) is 0 Å². The van der Waals surface area contributed by atoms with Gasteiger partial charge in [-0.25, -0.2) is 0 Å². The summed E-state index contributed by atoms with van der Waals surface area (Å²) in [6.07, 6.45) is 8.84. The average molecular weight is 339 g/mol. The summed E-state index contributed by atoms with van der Waals surface area (Å²) in [6.45, 7) is 5.89. The molecule has 3 aliphatic heterocycles. The molecule has 1 aromatic rings. The Morgan fingerprint density at radius 1 is 1.28 bits per heavy atom. The van der Waals surface area contributed by atoms with Gasteiger partial charge in [-0.05, 0) is 30.4 Å². The highest BCUT2D eigenvalue weighted by molar-refractivity contribution is 5.84. The zero-order chi connectivity index (χ0) is 17.4. The van der Waals surface area contributed by atoms with Crippen LogP contribution in [-0.2, 0) is 13.5 Å². The molecule has 3 aliphatic rings. The van der Waals surface area contributed by atoms with Crippen LogP contribution in [0.15, 0.2) is 38.8 Å². The van der Waals surface area contributed by atoms with Crippen LogP contribution in [-0.4, -0.2) is 50.6 Å². The lowest BCUT2D eigenvalue weighted by Gasteiger charge is -2.21. The molecule has 4 heterocycles. The van der Waals surface area contributed by atoms with E-state index in [1.165, 1.54) is 0 Å². The van der Waals surface area contributed by atoms with Crippen LogP contribution in [0.1, 0.15) is 32.5 Å². The van der Waals surface area contributed by atoms with E-state index in [9.17, 15) is 0 Å². The number of hydrogen-bond acceptors (Lipinski definition) is 6. The van der Waals surface area contributed by atoms with Gasteiger partial charge in [0.1, 0.15) is 11.5 Å². The standard InChI is InChI=1S/C17H23N8/c1-12-11-18-13(2)16-19-14(21-25(12)16)7-8-15-20-17(22-23(15)3)24-9-5-4-6-10-24/h4-5,11-12H,6-10H2,1-3H3/q+1. The zero-order valence-electron chi connectivity index (χ0n) is 14.9. The average Bonchev–Trinajstić information content (AvgIpc) is 3.22. The molecule has 25 heavy (non-hydrogen) atoms. The molecule has 1 atom stereocenters. The van der Waals surface area contributed by atoms with Crippen molar-refractivity contribution in [3.63, 3.8) is 0 Å².